The van der Waals surface area contributed by atoms with E-state index < -0.39 is 0 Å². The van der Waals surface area contributed by atoms with Gasteiger partial charge in [-0.1, -0.05) is 146 Å². The minimum absolute atomic E-state index is 0.635. The van der Waals surface area contributed by atoms with Crippen molar-refractivity contribution >= 4 is 21.6 Å². The summed E-state index contributed by atoms with van der Waals surface area (Å²) in [7, 11) is 0. The number of rotatable bonds is 6. The van der Waals surface area contributed by atoms with Crippen molar-refractivity contribution in [3.8, 4) is 67.0 Å². The third-order valence-corrected chi connectivity index (χ3v) is 8.87. The molecule has 212 valence electrons. The quantitative estimate of drug-likeness (QED) is 0.192. The van der Waals surface area contributed by atoms with Crippen LogP contribution in [-0.2, 0) is 0 Å². The Hall–Kier alpha value is -5.78. The van der Waals surface area contributed by atoms with E-state index in [-0.39, 0.29) is 0 Å². The van der Waals surface area contributed by atoms with Gasteiger partial charge in [-0.2, -0.15) is 0 Å². The average molecular weight is 595 g/mol. The Labute approximate surface area is 265 Å². The number of fused-ring (bicyclic) bond motifs is 1. The van der Waals surface area contributed by atoms with Gasteiger partial charge in [0.05, 0.1) is 10.2 Å². The number of hydrogen-bond acceptors (Lipinski definition) is 5. The largest absolute Gasteiger partial charge is 0.236 e. The molecule has 0 aliphatic carbocycles. The second-order valence-electron chi connectivity index (χ2n) is 10.7. The molecule has 2 aromatic heterocycles. The molecule has 8 aromatic rings. The summed E-state index contributed by atoms with van der Waals surface area (Å²) in [6.07, 6.45) is 0. The highest BCUT2D eigenvalue weighted by molar-refractivity contribution is 7.21. The van der Waals surface area contributed by atoms with Crippen molar-refractivity contribution in [2.45, 2.75) is 0 Å². The average Bonchev–Trinajstić information content (AvgIpc) is 3.56. The highest BCUT2D eigenvalue weighted by Gasteiger charge is 2.16. The molecule has 0 aliphatic heterocycles. The molecule has 6 aromatic carbocycles. The van der Waals surface area contributed by atoms with Gasteiger partial charge in [0, 0.05) is 22.3 Å². The Morgan fingerprint density at radius 3 is 1.47 bits per heavy atom. The number of hydrogen-bond donors (Lipinski definition) is 0. The predicted octanol–water partition coefficient (Wildman–Crippen LogP) is 10.5. The second kappa shape index (κ2) is 11.7. The van der Waals surface area contributed by atoms with Gasteiger partial charge in [0.2, 0.25) is 0 Å². The molecule has 0 aliphatic rings. The lowest BCUT2D eigenvalue weighted by atomic mass is 9.99. The molecule has 0 radical (unpaired) electrons. The normalized spacial score (nSPS) is 11.1. The van der Waals surface area contributed by atoms with Crippen molar-refractivity contribution in [2.24, 2.45) is 0 Å². The number of nitrogens with zero attached hydrogens (tertiary/aromatic N) is 4. The van der Waals surface area contributed by atoms with Gasteiger partial charge in [0.25, 0.3) is 0 Å². The fourth-order valence-electron chi connectivity index (χ4n) is 5.51. The van der Waals surface area contributed by atoms with Crippen LogP contribution in [0.2, 0.25) is 0 Å². The van der Waals surface area contributed by atoms with E-state index in [4.69, 9.17) is 19.9 Å². The Morgan fingerprint density at radius 1 is 0.333 bits per heavy atom. The molecule has 5 heteroatoms. The summed E-state index contributed by atoms with van der Waals surface area (Å²) in [4.78, 5) is 19.9. The molecule has 0 bridgehead atoms. The van der Waals surface area contributed by atoms with Gasteiger partial charge in [0.15, 0.2) is 17.5 Å². The van der Waals surface area contributed by atoms with Crippen LogP contribution < -0.4 is 0 Å². The van der Waals surface area contributed by atoms with Crippen LogP contribution in [0.25, 0.3) is 77.2 Å². The van der Waals surface area contributed by atoms with Crippen molar-refractivity contribution in [1.29, 1.82) is 0 Å². The van der Waals surface area contributed by atoms with E-state index >= 15 is 0 Å². The third-order valence-electron chi connectivity index (χ3n) is 7.81. The molecule has 0 amide bonds. The van der Waals surface area contributed by atoms with Crippen LogP contribution in [0, 0.1) is 0 Å². The van der Waals surface area contributed by atoms with Crippen LogP contribution in [-0.4, -0.2) is 19.9 Å². The lowest BCUT2D eigenvalue weighted by molar-refractivity contribution is 1.07. The lowest BCUT2D eigenvalue weighted by Gasteiger charge is -2.12. The summed E-state index contributed by atoms with van der Waals surface area (Å²) in [5.74, 6) is 1.91. The number of aromatic nitrogens is 4. The summed E-state index contributed by atoms with van der Waals surface area (Å²) in [5, 5.41) is 1.02. The Bertz CT molecular complexity index is 2250. The maximum atomic E-state index is 5.06. The van der Waals surface area contributed by atoms with E-state index in [2.05, 4.69) is 97.1 Å². The molecule has 0 saturated carbocycles. The van der Waals surface area contributed by atoms with Crippen molar-refractivity contribution < 1.29 is 0 Å². The zero-order valence-electron chi connectivity index (χ0n) is 24.2. The van der Waals surface area contributed by atoms with Crippen molar-refractivity contribution in [3.63, 3.8) is 0 Å². The summed E-state index contributed by atoms with van der Waals surface area (Å²) < 4.78 is 1.14. The van der Waals surface area contributed by atoms with Crippen molar-refractivity contribution in [2.75, 3.05) is 0 Å². The van der Waals surface area contributed by atoms with Gasteiger partial charge in [-0.25, -0.2) is 19.9 Å². The first kappa shape index (κ1) is 26.8. The fourth-order valence-corrected chi connectivity index (χ4v) is 6.52. The molecule has 45 heavy (non-hydrogen) atoms. The van der Waals surface area contributed by atoms with Crippen molar-refractivity contribution in [3.05, 3.63) is 158 Å². The Balaban J connectivity index is 1.24. The van der Waals surface area contributed by atoms with Crippen LogP contribution in [0.3, 0.4) is 0 Å². The van der Waals surface area contributed by atoms with Gasteiger partial charge < -0.3 is 0 Å². The van der Waals surface area contributed by atoms with Crippen LogP contribution >= 0.6 is 11.3 Å². The van der Waals surface area contributed by atoms with Gasteiger partial charge in [0.1, 0.15) is 5.01 Å². The molecule has 2 heterocycles. The SMILES string of the molecule is c1ccc(-c2ccc(-c3nc(-c4ccccc4)nc(-c4ccccc4-c4ccc5nc(-c6ccccc6)sc5c4)n3)cc2)cc1. The molecule has 0 fully saturated rings. The first-order valence-electron chi connectivity index (χ1n) is 14.8. The molecule has 0 spiro atoms. The highest BCUT2D eigenvalue weighted by Crippen LogP contribution is 2.37. The minimum Gasteiger partial charge on any atom is -0.236 e. The molecule has 0 atom stereocenters. The minimum atomic E-state index is 0.635. The van der Waals surface area contributed by atoms with E-state index in [1.54, 1.807) is 11.3 Å². The Morgan fingerprint density at radius 2 is 0.800 bits per heavy atom. The van der Waals surface area contributed by atoms with Crippen molar-refractivity contribution in [1.82, 2.24) is 19.9 Å². The zero-order chi connectivity index (χ0) is 30.0. The zero-order valence-corrected chi connectivity index (χ0v) is 25.0. The molecular formula is C40H26N4S. The number of thiazole rings is 1. The molecule has 4 nitrogen and oxygen atoms in total. The monoisotopic (exact) mass is 594 g/mol. The van der Waals surface area contributed by atoms with E-state index in [1.165, 1.54) is 5.56 Å². The summed E-state index contributed by atoms with van der Waals surface area (Å²) in [6.45, 7) is 0. The highest BCUT2D eigenvalue weighted by atomic mass is 32.1. The van der Waals surface area contributed by atoms with E-state index in [1.807, 2.05) is 60.7 Å². The van der Waals surface area contributed by atoms with Gasteiger partial charge in [-0.15, -0.1) is 11.3 Å². The van der Waals surface area contributed by atoms with E-state index in [0.29, 0.717) is 17.5 Å². The summed E-state index contributed by atoms with van der Waals surface area (Å²) >= 11 is 1.71. The fraction of sp³-hybridized carbons (Fsp3) is 0. The summed E-state index contributed by atoms with van der Waals surface area (Å²) in [6, 6.07) is 54.0. The predicted molar refractivity (Wildman–Crippen MR) is 186 cm³/mol. The van der Waals surface area contributed by atoms with Crippen LogP contribution in [0.15, 0.2) is 158 Å². The Kier molecular flexibility index (Phi) is 6.98. The standard InChI is InChI=1S/C40H26N4S/c1-4-12-27(13-5-1)28-20-22-30(23-21-28)38-42-37(29-14-6-2-7-15-29)43-39(44-38)34-19-11-10-18-33(34)32-24-25-35-36(26-32)45-40(41-35)31-16-8-3-9-17-31/h1-26H. The van der Waals surface area contributed by atoms with Gasteiger partial charge in [-0.05, 0) is 34.4 Å². The van der Waals surface area contributed by atoms with Gasteiger partial charge >= 0.3 is 0 Å². The smallest absolute Gasteiger partial charge is 0.164 e. The van der Waals surface area contributed by atoms with E-state index in [0.717, 1.165) is 54.2 Å². The lowest BCUT2D eigenvalue weighted by Crippen LogP contribution is -2.01. The molecule has 8 rings (SSSR count). The van der Waals surface area contributed by atoms with Crippen LogP contribution in [0.1, 0.15) is 0 Å². The second-order valence-corrected chi connectivity index (χ2v) is 11.8. The molecule has 0 saturated heterocycles. The van der Waals surface area contributed by atoms with E-state index in [9.17, 15) is 0 Å². The maximum absolute atomic E-state index is 5.06. The van der Waals surface area contributed by atoms with Crippen LogP contribution in [0.5, 0.6) is 0 Å². The molecular weight excluding hydrogens is 569 g/mol. The molecule has 0 N–H and O–H groups in total. The maximum Gasteiger partial charge on any atom is 0.164 e. The molecule has 0 unspecified atom stereocenters. The van der Waals surface area contributed by atoms with Gasteiger partial charge in [-0.3, -0.25) is 0 Å². The van der Waals surface area contributed by atoms with Crippen LogP contribution in [0.4, 0.5) is 0 Å². The topological polar surface area (TPSA) is 51.6 Å². The number of benzene rings is 6. The first-order valence-corrected chi connectivity index (χ1v) is 15.6. The first-order chi connectivity index (χ1) is 22.3. The third kappa shape index (κ3) is 5.42. The summed E-state index contributed by atoms with van der Waals surface area (Å²) in [5.41, 5.74) is 9.43.